The number of ether oxygens (including phenoxy) is 2. The van der Waals surface area contributed by atoms with Gasteiger partial charge < -0.3 is 20.1 Å². The molecule has 2 aromatic rings. The number of benzene rings is 1. The van der Waals surface area contributed by atoms with Crippen LogP contribution in [0.1, 0.15) is 60.2 Å². The van der Waals surface area contributed by atoms with Crippen molar-refractivity contribution in [2.75, 3.05) is 26.1 Å². The van der Waals surface area contributed by atoms with E-state index in [1.165, 1.54) is 0 Å². The molecule has 1 aliphatic heterocycles. The zero-order valence-corrected chi connectivity index (χ0v) is 16.4. The molecule has 0 bridgehead atoms. The maximum atomic E-state index is 12.3. The number of methoxy groups -OCH3 is 2. The van der Waals surface area contributed by atoms with E-state index in [1.807, 2.05) is 39.0 Å². The molecule has 0 saturated heterocycles. The first kappa shape index (κ1) is 18.9. The van der Waals surface area contributed by atoms with E-state index in [9.17, 15) is 4.79 Å². The van der Waals surface area contributed by atoms with Crippen molar-refractivity contribution in [2.24, 2.45) is 0 Å². The van der Waals surface area contributed by atoms with Crippen molar-refractivity contribution in [2.45, 2.75) is 39.2 Å². The molecule has 1 amide bonds. The normalized spacial score (nSPS) is 14.4. The fraction of sp³-hybridized carbons (Fsp3) is 0.450. The first-order valence-electron chi connectivity index (χ1n) is 9.12. The molecule has 1 unspecified atom stereocenters. The summed E-state index contributed by atoms with van der Waals surface area (Å²) in [5, 5.41) is 6.32. The van der Waals surface area contributed by atoms with Gasteiger partial charge >= 0.3 is 0 Å². The molecule has 0 spiro atoms. The van der Waals surface area contributed by atoms with Crippen LogP contribution in [0.15, 0.2) is 18.2 Å². The van der Waals surface area contributed by atoms with Gasteiger partial charge in [-0.25, -0.2) is 9.97 Å². The van der Waals surface area contributed by atoms with E-state index in [0.717, 1.165) is 22.6 Å². The minimum atomic E-state index is -0.143. The van der Waals surface area contributed by atoms with E-state index in [2.05, 4.69) is 15.6 Å². The molecule has 3 rings (SSSR count). The molecule has 27 heavy (non-hydrogen) atoms. The molecule has 1 aromatic heterocycles. The monoisotopic (exact) mass is 370 g/mol. The largest absolute Gasteiger partial charge is 0.497 e. The summed E-state index contributed by atoms with van der Waals surface area (Å²) in [7, 11) is 3.28. The maximum Gasteiger partial charge on any atom is 0.270 e. The van der Waals surface area contributed by atoms with Gasteiger partial charge in [0, 0.05) is 23.6 Å². The van der Waals surface area contributed by atoms with Crippen molar-refractivity contribution < 1.29 is 14.3 Å². The predicted octanol–water partition coefficient (Wildman–Crippen LogP) is 3.08. The number of fused-ring (bicyclic) bond motifs is 1. The fourth-order valence-electron chi connectivity index (χ4n) is 3.15. The highest BCUT2D eigenvalue weighted by atomic mass is 16.5. The van der Waals surface area contributed by atoms with Gasteiger partial charge in [0.15, 0.2) is 0 Å². The lowest BCUT2D eigenvalue weighted by molar-refractivity contribution is 0.0940. The summed E-state index contributed by atoms with van der Waals surface area (Å²) < 4.78 is 10.9. The SMILES string of the molecule is COc1ccc(OC)c(C(C)Nc2nc(C(C)C)nc3c2CCNC3=O)c1. The van der Waals surface area contributed by atoms with E-state index in [-0.39, 0.29) is 17.9 Å². The first-order chi connectivity index (χ1) is 12.9. The number of hydrogen-bond acceptors (Lipinski definition) is 6. The van der Waals surface area contributed by atoms with Gasteiger partial charge in [-0.15, -0.1) is 0 Å². The molecular weight excluding hydrogens is 344 g/mol. The average molecular weight is 370 g/mol. The quantitative estimate of drug-likeness (QED) is 0.813. The Kier molecular flexibility index (Phi) is 5.48. The second kappa shape index (κ2) is 7.82. The standard InChI is InChI=1S/C20H26N4O3/c1-11(2)18-23-17-14(8-9-21-20(17)25)19(24-18)22-12(3)15-10-13(26-4)6-7-16(15)27-5/h6-7,10-12H,8-9H2,1-5H3,(H,21,25)(H,22,23,24). The van der Waals surface area contributed by atoms with E-state index in [1.54, 1.807) is 14.2 Å². The van der Waals surface area contributed by atoms with Gasteiger partial charge in [-0.1, -0.05) is 13.8 Å². The average Bonchev–Trinajstić information content (AvgIpc) is 2.67. The summed E-state index contributed by atoms with van der Waals surface area (Å²) in [4.78, 5) is 21.5. The summed E-state index contributed by atoms with van der Waals surface area (Å²) in [6, 6.07) is 5.59. The third-order valence-electron chi connectivity index (χ3n) is 4.67. The van der Waals surface area contributed by atoms with Gasteiger partial charge in [-0.2, -0.15) is 0 Å². The molecule has 1 aromatic carbocycles. The fourth-order valence-corrected chi connectivity index (χ4v) is 3.15. The van der Waals surface area contributed by atoms with Gasteiger partial charge in [0.05, 0.1) is 20.3 Å². The Balaban J connectivity index is 2.01. The number of carbonyl (C=O) groups excluding carboxylic acids is 1. The van der Waals surface area contributed by atoms with E-state index in [0.29, 0.717) is 30.3 Å². The number of anilines is 1. The van der Waals surface area contributed by atoms with Gasteiger partial charge in [0.1, 0.15) is 28.8 Å². The second-order valence-corrected chi connectivity index (χ2v) is 6.89. The lowest BCUT2D eigenvalue weighted by Crippen LogP contribution is -2.34. The summed E-state index contributed by atoms with van der Waals surface area (Å²) in [6.07, 6.45) is 0.698. The third kappa shape index (κ3) is 3.82. The summed E-state index contributed by atoms with van der Waals surface area (Å²) in [5.41, 5.74) is 2.28. The molecule has 1 aliphatic rings. The van der Waals surface area contributed by atoms with E-state index >= 15 is 0 Å². The van der Waals surface area contributed by atoms with Crippen LogP contribution in [0.3, 0.4) is 0 Å². The molecule has 0 saturated carbocycles. The van der Waals surface area contributed by atoms with Crippen molar-refractivity contribution in [1.82, 2.24) is 15.3 Å². The summed E-state index contributed by atoms with van der Waals surface area (Å²) in [5.74, 6) is 2.85. The Morgan fingerprint density at radius 2 is 1.93 bits per heavy atom. The molecule has 2 N–H and O–H groups in total. The Labute approximate surface area is 159 Å². The minimum absolute atomic E-state index is 0.0981. The zero-order chi connectivity index (χ0) is 19.6. The first-order valence-corrected chi connectivity index (χ1v) is 9.12. The van der Waals surface area contributed by atoms with Crippen molar-refractivity contribution in [3.63, 3.8) is 0 Å². The number of aromatic nitrogens is 2. The van der Waals surface area contributed by atoms with Crippen molar-refractivity contribution in [3.8, 4) is 11.5 Å². The van der Waals surface area contributed by atoms with E-state index in [4.69, 9.17) is 14.5 Å². The molecule has 0 radical (unpaired) electrons. The summed E-state index contributed by atoms with van der Waals surface area (Å²) in [6.45, 7) is 6.65. The van der Waals surface area contributed by atoms with E-state index < -0.39 is 0 Å². The van der Waals surface area contributed by atoms with Crippen LogP contribution in [0.2, 0.25) is 0 Å². The van der Waals surface area contributed by atoms with Gasteiger partial charge in [0.2, 0.25) is 0 Å². The number of nitrogens with one attached hydrogen (secondary N) is 2. The zero-order valence-electron chi connectivity index (χ0n) is 16.4. The molecule has 7 heteroatoms. The number of carbonyl (C=O) groups is 1. The Morgan fingerprint density at radius 1 is 1.15 bits per heavy atom. The maximum absolute atomic E-state index is 12.3. The predicted molar refractivity (Wildman–Crippen MR) is 104 cm³/mol. The molecule has 0 aliphatic carbocycles. The number of nitrogens with zero attached hydrogens (tertiary/aromatic N) is 2. The highest BCUT2D eigenvalue weighted by molar-refractivity contribution is 5.96. The van der Waals surface area contributed by atoms with Crippen molar-refractivity contribution in [1.29, 1.82) is 0 Å². The number of amides is 1. The van der Waals surface area contributed by atoms with Crippen molar-refractivity contribution in [3.05, 3.63) is 40.8 Å². The van der Waals surface area contributed by atoms with Crippen LogP contribution in [0.4, 0.5) is 5.82 Å². The topological polar surface area (TPSA) is 85.4 Å². The van der Waals surface area contributed by atoms with Gasteiger partial charge in [0.25, 0.3) is 5.91 Å². The molecule has 7 nitrogen and oxygen atoms in total. The molecule has 0 fully saturated rings. The van der Waals surface area contributed by atoms with Gasteiger partial charge in [-0.05, 0) is 31.5 Å². The Hall–Kier alpha value is -2.83. The molecular formula is C20H26N4O3. The van der Waals surface area contributed by atoms with Crippen LogP contribution >= 0.6 is 0 Å². The van der Waals surface area contributed by atoms with Crippen LogP contribution in [0.5, 0.6) is 11.5 Å². The third-order valence-corrected chi connectivity index (χ3v) is 4.67. The molecule has 1 atom stereocenters. The van der Waals surface area contributed by atoms with Crippen LogP contribution < -0.4 is 20.1 Å². The van der Waals surface area contributed by atoms with Crippen molar-refractivity contribution >= 4 is 11.7 Å². The van der Waals surface area contributed by atoms with Crippen LogP contribution in [-0.2, 0) is 6.42 Å². The lowest BCUT2D eigenvalue weighted by Gasteiger charge is -2.24. The Bertz CT molecular complexity index is 851. The highest BCUT2D eigenvalue weighted by Crippen LogP contribution is 2.32. The highest BCUT2D eigenvalue weighted by Gasteiger charge is 2.25. The second-order valence-electron chi connectivity index (χ2n) is 6.89. The number of rotatable bonds is 6. The molecule has 2 heterocycles. The lowest BCUT2D eigenvalue weighted by atomic mass is 10.0. The minimum Gasteiger partial charge on any atom is -0.497 e. The van der Waals surface area contributed by atoms with Crippen LogP contribution in [0.25, 0.3) is 0 Å². The summed E-state index contributed by atoms with van der Waals surface area (Å²) >= 11 is 0. The smallest absolute Gasteiger partial charge is 0.270 e. The molecule has 144 valence electrons. The van der Waals surface area contributed by atoms with Crippen LogP contribution in [0, 0.1) is 0 Å². The number of hydrogen-bond donors (Lipinski definition) is 2. The van der Waals surface area contributed by atoms with Crippen LogP contribution in [-0.4, -0.2) is 36.6 Å². The van der Waals surface area contributed by atoms with Gasteiger partial charge in [-0.3, -0.25) is 4.79 Å². The Morgan fingerprint density at radius 3 is 2.59 bits per heavy atom.